The van der Waals surface area contributed by atoms with Crippen LogP contribution in [0.25, 0.3) is 0 Å². The van der Waals surface area contributed by atoms with E-state index in [2.05, 4.69) is 12.1 Å². The highest BCUT2D eigenvalue weighted by Gasteiger charge is 2.63. The summed E-state index contributed by atoms with van der Waals surface area (Å²) in [6.45, 7) is 3.02. The number of β-lactam (4-membered cyclic amide) rings is 1. The number of carbonyl (C=O) groups is 4. The lowest BCUT2D eigenvalue weighted by molar-refractivity contribution is -0.687. The molecule has 0 bridgehead atoms. The van der Waals surface area contributed by atoms with Crippen LogP contribution in [0.4, 0.5) is 5.69 Å². The summed E-state index contributed by atoms with van der Waals surface area (Å²) < 4.78 is 2.03. The average molecular weight is 500 g/mol. The van der Waals surface area contributed by atoms with Crippen molar-refractivity contribution < 1.29 is 28.9 Å². The first-order valence-electron chi connectivity index (χ1n) is 12.5. The minimum Gasteiger partial charge on any atom is -0.477 e. The Morgan fingerprint density at radius 1 is 1.14 bits per heavy atom. The van der Waals surface area contributed by atoms with Crippen LogP contribution in [0.1, 0.15) is 25.3 Å². The van der Waals surface area contributed by atoms with Gasteiger partial charge in [0.05, 0.1) is 6.04 Å². The van der Waals surface area contributed by atoms with E-state index in [-0.39, 0.29) is 35.4 Å². The summed E-state index contributed by atoms with van der Waals surface area (Å²) in [4.78, 5) is 55.1. The number of likely N-dealkylation sites (tertiary alicyclic amines) is 1. The Balaban J connectivity index is 1.26. The fourth-order valence-corrected chi connectivity index (χ4v) is 6.19. The van der Waals surface area contributed by atoms with E-state index in [1.807, 2.05) is 47.3 Å². The van der Waals surface area contributed by atoms with Crippen molar-refractivity contribution in [2.45, 2.75) is 38.4 Å². The summed E-state index contributed by atoms with van der Waals surface area (Å²) in [6, 6.07) is 13.0. The number of pyridine rings is 1. The molecule has 1 N–H and O–H groups in total. The van der Waals surface area contributed by atoms with Gasteiger partial charge in [-0.15, -0.1) is 0 Å². The number of nitrogens with zero attached hydrogens (tertiary/aromatic N) is 4. The number of allylic oxidation sites excluding steroid dienone is 2. The molecule has 6 rings (SSSR count). The van der Waals surface area contributed by atoms with Gasteiger partial charge in [0, 0.05) is 43.1 Å². The molecule has 9 heteroatoms. The Hall–Kier alpha value is -4.27. The molecule has 37 heavy (non-hydrogen) atoms. The highest BCUT2D eigenvalue weighted by molar-refractivity contribution is 6.09. The Bertz CT molecular complexity index is 1400. The summed E-state index contributed by atoms with van der Waals surface area (Å²) >= 11 is 0. The van der Waals surface area contributed by atoms with Gasteiger partial charge in [-0.05, 0) is 30.6 Å². The third-order valence-corrected chi connectivity index (χ3v) is 7.83. The predicted octanol–water partition coefficient (Wildman–Crippen LogP) is 1.49. The third-order valence-electron chi connectivity index (χ3n) is 7.83. The quantitative estimate of drug-likeness (QED) is 0.382. The van der Waals surface area contributed by atoms with Gasteiger partial charge in [0.1, 0.15) is 17.4 Å². The number of aliphatic carboxylic acids is 1. The van der Waals surface area contributed by atoms with E-state index in [1.165, 1.54) is 11.8 Å². The second-order valence-corrected chi connectivity index (χ2v) is 10.1. The maximum Gasteiger partial charge on any atom is 0.352 e. The van der Waals surface area contributed by atoms with Gasteiger partial charge in [-0.25, -0.2) is 4.79 Å². The van der Waals surface area contributed by atoms with Crippen molar-refractivity contribution in [3.63, 3.8) is 0 Å². The van der Waals surface area contributed by atoms with Crippen molar-refractivity contribution in [1.82, 2.24) is 9.80 Å². The number of amides is 3. The number of hydrogen-bond donors (Lipinski definition) is 1. The zero-order valence-corrected chi connectivity index (χ0v) is 20.4. The van der Waals surface area contributed by atoms with Crippen molar-refractivity contribution >= 4 is 29.4 Å². The van der Waals surface area contributed by atoms with Gasteiger partial charge >= 0.3 is 5.97 Å². The fourth-order valence-electron chi connectivity index (χ4n) is 6.19. The molecule has 2 unspecified atom stereocenters. The fraction of sp³-hybridized carbons (Fsp3) is 0.321. The molecule has 2 aromatic rings. The standard InChI is InChI=1S/C28H26N4O5/c1-17(33)31-15-21-13-20(24(28(36)37)32-23(21)25(31)27(32)35)12-19-9-11-30(26(19)34)22-8-5-10-29(16-22)14-18-6-3-2-4-7-18/h2-8,10,12,16,21,23,25H,9,11,13-15H2,1H3/p+1/b19-12+/t21?,23-,25?/m1/s1. The smallest absolute Gasteiger partial charge is 0.352 e. The number of anilines is 1. The molecule has 3 atom stereocenters. The molecule has 3 fully saturated rings. The van der Waals surface area contributed by atoms with E-state index in [4.69, 9.17) is 0 Å². The number of benzene rings is 1. The molecule has 9 nitrogen and oxygen atoms in total. The average Bonchev–Trinajstić information content (AvgIpc) is 3.43. The highest BCUT2D eigenvalue weighted by Crippen LogP contribution is 2.47. The van der Waals surface area contributed by atoms with E-state index in [0.29, 0.717) is 43.6 Å². The normalized spacial score (nSPS) is 25.6. The van der Waals surface area contributed by atoms with Crippen LogP contribution >= 0.6 is 0 Å². The van der Waals surface area contributed by atoms with Crippen LogP contribution in [0.2, 0.25) is 0 Å². The maximum atomic E-state index is 13.4. The van der Waals surface area contributed by atoms with Crippen LogP contribution in [0.3, 0.4) is 0 Å². The molecule has 3 saturated heterocycles. The van der Waals surface area contributed by atoms with Crippen molar-refractivity contribution in [3.05, 3.63) is 83.3 Å². The molecule has 3 amide bonds. The molecule has 0 saturated carbocycles. The number of carboxylic acid groups (broad SMARTS) is 1. The Kier molecular flexibility index (Phi) is 5.43. The molecular weight excluding hydrogens is 472 g/mol. The van der Waals surface area contributed by atoms with Gasteiger partial charge in [0.15, 0.2) is 18.9 Å². The summed E-state index contributed by atoms with van der Waals surface area (Å²) in [5.41, 5.74) is 2.86. The minimum absolute atomic E-state index is 0.0415. The molecular formula is C28H27N4O5+. The lowest BCUT2D eigenvalue weighted by Crippen LogP contribution is -2.69. The summed E-state index contributed by atoms with van der Waals surface area (Å²) in [5, 5.41) is 9.98. The van der Waals surface area contributed by atoms with E-state index in [9.17, 15) is 24.3 Å². The van der Waals surface area contributed by atoms with Crippen LogP contribution in [0, 0.1) is 5.92 Å². The topological polar surface area (TPSA) is 102 Å². The van der Waals surface area contributed by atoms with Crippen molar-refractivity contribution in [2.75, 3.05) is 18.0 Å². The number of rotatable bonds is 5. The lowest BCUT2D eigenvalue weighted by Gasteiger charge is -2.49. The van der Waals surface area contributed by atoms with Gasteiger partial charge in [-0.1, -0.05) is 30.3 Å². The predicted molar refractivity (Wildman–Crippen MR) is 132 cm³/mol. The van der Waals surface area contributed by atoms with E-state index in [1.54, 1.807) is 15.9 Å². The molecule has 1 aromatic carbocycles. The summed E-state index contributed by atoms with van der Waals surface area (Å²) in [5.74, 6) is -1.94. The molecule has 4 aliphatic rings. The van der Waals surface area contributed by atoms with Gasteiger partial charge in [0.2, 0.25) is 5.91 Å². The van der Waals surface area contributed by atoms with Crippen LogP contribution in [0.5, 0.6) is 0 Å². The van der Waals surface area contributed by atoms with Crippen LogP contribution in [0.15, 0.2) is 77.8 Å². The van der Waals surface area contributed by atoms with Crippen LogP contribution in [-0.4, -0.2) is 63.8 Å². The molecule has 4 aliphatic heterocycles. The minimum atomic E-state index is -1.19. The van der Waals surface area contributed by atoms with Crippen LogP contribution in [-0.2, 0) is 25.7 Å². The second-order valence-electron chi connectivity index (χ2n) is 10.1. The highest BCUT2D eigenvalue weighted by atomic mass is 16.4. The monoisotopic (exact) mass is 499 g/mol. The number of hydrogen-bond acceptors (Lipinski definition) is 4. The first-order chi connectivity index (χ1) is 17.8. The lowest BCUT2D eigenvalue weighted by atomic mass is 9.79. The number of aromatic nitrogens is 1. The van der Waals surface area contributed by atoms with Gasteiger partial charge in [0.25, 0.3) is 11.8 Å². The number of carbonyl (C=O) groups excluding carboxylic acids is 3. The Morgan fingerprint density at radius 2 is 1.92 bits per heavy atom. The molecule has 1 aromatic heterocycles. The van der Waals surface area contributed by atoms with Gasteiger partial charge in [-0.3, -0.25) is 19.3 Å². The molecule has 0 radical (unpaired) electrons. The summed E-state index contributed by atoms with van der Waals surface area (Å²) in [7, 11) is 0. The van der Waals surface area contributed by atoms with Crippen LogP contribution < -0.4 is 9.47 Å². The van der Waals surface area contributed by atoms with Crippen molar-refractivity contribution in [2.24, 2.45) is 5.92 Å². The molecule has 0 spiro atoms. The number of carboxylic acids is 1. The van der Waals surface area contributed by atoms with E-state index >= 15 is 0 Å². The molecule has 5 heterocycles. The van der Waals surface area contributed by atoms with Crippen molar-refractivity contribution in [3.8, 4) is 0 Å². The van der Waals surface area contributed by atoms with E-state index < -0.39 is 12.0 Å². The zero-order chi connectivity index (χ0) is 25.8. The molecule has 0 aliphatic carbocycles. The second kappa shape index (κ2) is 8.69. The molecule has 188 valence electrons. The van der Waals surface area contributed by atoms with E-state index in [0.717, 1.165) is 11.3 Å². The maximum absolute atomic E-state index is 13.4. The summed E-state index contributed by atoms with van der Waals surface area (Å²) in [6.07, 6.45) is 6.46. The Morgan fingerprint density at radius 3 is 2.65 bits per heavy atom. The van der Waals surface area contributed by atoms with Gasteiger partial charge < -0.3 is 14.9 Å². The van der Waals surface area contributed by atoms with Gasteiger partial charge in [-0.2, -0.15) is 4.57 Å². The largest absolute Gasteiger partial charge is 0.477 e. The van der Waals surface area contributed by atoms with Crippen molar-refractivity contribution in [1.29, 1.82) is 0 Å². The Labute approximate surface area is 213 Å². The first kappa shape index (κ1) is 23.1. The SMILES string of the molecule is CC(=O)N1CC2CC(/C=C3\CCN(c4ccc[n+](Cc5ccccc5)c4)C3=O)=C(C(=O)O)N3C(=O)C1[C@@H]23. The zero-order valence-electron chi connectivity index (χ0n) is 20.4. The first-order valence-corrected chi connectivity index (χ1v) is 12.5. The third kappa shape index (κ3) is 3.73.